The molecule has 2 nitrogen and oxygen atoms in total. The molecule has 128 valence electrons. The Bertz CT molecular complexity index is 203. The number of rotatable bonds is 15. The van der Waals surface area contributed by atoms with Crippen molar-refractivity contribution < 1.29 is 9.84 Å². The first kappa shape index (κ1) is 20.9. The molecule has 0 aliphatic carbocycles. The molecule has 0 aromatic rings. The van der Waals surface area contributed by atoms with E-state index in [9.17, 15) is 5.11 Å². The van der Waals surface area contributed by atoms with Crippen molar-refractivity contribution in [1.29, 1.82) is 0 Å². The maximum Gasteiger partial charge on any atom is 0.0931 e. The third kappa shape index (κ3) is 8.83. The van der Waals surface area contributed by atoms with Crippen LogP contribution in [0.25, 0.3) is 0 Å². The van der Waals surface area contributed by atoms with Crippen molar-refractivity contribution >= 4 is 0 Å². The molecule has 0 spiro atoms. The smallest absolute Gasteiger partial charge is 0.0931 e. The van der Waals surface area contributed by atoms with Gasteiger partial charge in [0, 0.05) is 7.11 Å². The van der Waals surface area contributed by atoms with Crippen molar-refractivity contribution in [3.63, 3.8) is 0 Å². The Morgan fingerprint density at radius 1 is 0.762 bits per heavy atom. The lowest BCUT2D eigenvalue weighted by Gasteiger charge is -2.35. The molecular weight excluding hydrogens is 260 g/mol. The van der Waals surface area contributed by atoms with Crippen LogP contribution in [0.5, 0.6) is 0 Å². The Morgan fingerprint density at radius 3 is 1.57 bits per heavy atom. The van der Waals surface area contributed by atoms with Crippen LogP contribution in [0.3, 0.4) is 0 Å². The second-order valence-electron chi connectivity index (χ2n) is 6.46. The van der Waals surface area contributed by atoms with Crippen LogP contribution in [-0.2, 0) is 4.74 Å². The standard InChI is InChI=1S/C19H40O2/c1-5-8-9-10-11-12-13-14-15-16-17-18(20)19(6-2,7-3)21-4/h18,20H,5-17H2,1-4H3. The number of aliphatic hydroxyl groups is 1. The molecule has 0 saturated heterocycles. The predicted octanol–water partition coefficient (Wildman–Crippen LogP) is 5.86. The van der Waals surface area contributed by atoms with E-state index < -0.39 is 0 Å². The summed E-state index contributed by atoms with van der Waals surface area (Å²) in [7, 11) is 1.73. The first-order valence-electron chi connectivity index (χ1n) is 9.40. The highest BCUT2D eigenvalue weighted by Crippen LogP contribution is 2.27. The molecule has 1 atom stereocenters. The van der Waals surface area contributed by atoms with Crippen molar-refractivity contribution in [3.05, 3.63) is 0 Å². The van der Waals surface area contributed by atoms with E-state index in [0.29, 0.717) is 0 Å². The summed E-state index contributed by atoms with van der Waals surface area (Å²) >= 11 is 0. The fourth-order valence-corrected chi connectivity index (χ4v) is 3.23. The van der Waals surface area contributed by atoms with Crippen molar-refractivity contribution in [3.8, 4) is 0 Å². The molecule has 1 N–H and O–H groups in total. The summed E-state index contributed by atoms with van der Waals surface area (Å²) in [5.74, 6) is 0. The predicted molar refractivity (Wildman–Crippen MR) is 92.8 cm³/mol. The molecule has 0 fully saturated rings. The third-order valence-corrected chi connectivity index (χ3v) is 5.04. The maximum absolute atomic E-state index is 10.4. The normalized spacial score (nSPS) is 13.6. The van der Waals surface area contributed by atoms with E-state index in [4.69, 9.17) is 4.74 Å². The summed E-state index contributed by atoms with van der Waals surface area (Å²) in [5.41, 5.74) is -0.320. The van der Waals surface area contributed by atoms with Gasteiger partial charge in [-0.05, 0) is 19.3 Å². The molecule has 0 bridgehead atoms. The van der Waals surface area contributed by atoms with Gasteiger partial charge in [0.25, 0.3) is 0 Å². The second-order valence-corrected chi connectivity index (χ2v) is 6.46. The zero-order chi connectivity index (χ0) is 16.0. The van der Waals surface area contributed by atoms with E-state index in [-0.39, 0.29) is 11.7 Å². The van der Waals surface area contributed by atoms with Crippen molar-refractivity contribution in [2.75, 3.05) is 7.11 Å². The lowest BCUT2D eigenvalue weighted by atomic mass is 9.87. The molecule has 0 amide bonds. The molecule has 0 aromatic carbocycles. The van der Waals surface area contributed by atoms with Gasteiger partial charge in [-0.3, -0.25) is 0 Å². The minimum Gasteiger partial charge on any atom is -0.390 e. The maximum atomic E-state index is 10.4. The van der Waals surface area contributed by atoms with Crippen LogP contribution in [0, 0.1) is 0 Å². The highest BCUT2D eigenvalue weighted by molar-refractivity contribution is 4.85. The van der Waals surface area contributed by atoms with Gasteiger partial charge in [0.15, 0.2) is 0 Å². The van der Waals surface area contributed by atoms with Crippen molar-refractivity contribution in [2.45, 2.75) is 116 Å². The van der Waals surface area contributed by atoms with Gasteiger partial charge in [-0.2, -0.15) is 0 Å². The van der Waals surface area contributed by atoms with Gasteiger partial charge < -0.3 is 9.84 Å². The van der Waals surface area contributed by atoms with Crippen molar-refractivity contribution in [2.24, 2.45) is 0 Å². The second kappa shape index (κ2) is 13.6. The zero-order valence-electron chi connectivity index (χ0n) is 15.1. The Balaban J connectivity index is 3.53. The van der Waals surface area contributed by atoms with Crippen LogP contribution in [0.15, 0.2) is 0 Å². The van der Waals surface area contributed by atoms with Crippen LogP contribution in [0.2, 0.25) is 0 Å². The van der Waals surface area contributed by atoms with Crippen LogP contribution < -0.4 is 0 Å². The molecule has 0 aliphatic rings. The summed E-state index contributed by atoms with van der Waals surface area (Å²) in [6.45, 7) is 6.48. The van der Waals surface area contributed by atoms with E-state index in [2.05, 4.69) is 20.8 Å². The van der Waals surface area contributed by atoms with Gasteiger partial charge in [0.2, 0.25) is 0 Å². The summed E-state index contributed by atoms with van der Waals surface area (Å²) in [5, 5.41) is 10.4. The largest absolute Gasteiger partial charge is 0.390 e. The minimum atomic E-state index is -0.320. The topological polar surface area (TPSA) is 29.5 Å². The molecule has 0 radical (unpaired) electrons. The van der Waals surface area contributed by atoms with Crippen molar-refractivity contribution in [1.82, 2.24) is 0 Å². The SMILES string of the molecule is CCCCCCCCCCCCC(O)C(CC)(CC)OC. The number of ether oxygens (including phenoxy) is 1. The fraction of sp³-hybridized carbons (Fsp3) is 1.00. The molecule has 0 aliphatic heterocycles. The number of aliphatic hydroxyl groups excluding tert-OH is 1. The molecular formula is C19H40O2. The zero-order valence-corrected chi connectivity index (χ0v) is 15.1. The van der Waals surface area contributed by atoms with Crippen LogP contribution >= 0.6 is 0 Å². The molecule has 0 rings (SSSR count). The Hall–Kier alpha value is -0.0800. The van der Waals surface area contributed by atoms with Gasteiger partial charge >= 0.3 is 0 Å². The van der Waals surface area contributed by atoms with Crippen LogP contribution in [0.1, 0.15) is 104 Å². The highest BCUT2D eigenvalue weighted by atomic mass is 16.5. The Kier molecular flexibility index (Phi) is 13.5. The van der Waals surface area contributed by atoms with Gasteiger partial charge in [-0.1, -0.05) is 85.0 Å². The first-order chi connectivity index (χ1) is 10.2. The van der Waals surface area contributed by atoms with Gasteiger partial charge in [-0.25, -0.2) is 0 Å². The van der Waals surface area contributed by atoms with Gasteiger partial charge in [-0.15, -0.1) is 0 Å². The minimum absolute atomic E-state index is 0.313. The van der Waals surface area contributed by atoms with Gasteiger partial charge in [0.05, 0.1) is 11.7 Å². The molecule has 0 heterocycles. The monoisotopic (exact) mass is 300 g/mol. The summed E-state index contributed by atoms with van der Waals surface area (Å²) in [6, 6.07) is 0. The van der Waals surface area contributed by atoms with E-state index in [1.54, 1.807) is 7.11 Å². The molecule has 0 aromatic heterocycles. The lowest BCUT2D eigenvalue weighted by molar-refractivity contribution is -0.110. The number of unbranched alkanes of at least 4 members (excludes halogenated alkanes) is 9. The summed E-state index contributed by atoms with van der Waals surface area (Å²) in [6.07, 6.45) is 15.7. The summed E-state index contributed by atoms with van der Waals surface area (Å²) in [4.78, 5) is 0. The quantitative estimate of drug-likeness (QED) is 0.384. The summed E-state index contributed by atoms with van der Waals surface area (Å²) < 4.78 is 5.59. The Morgan fingerprint density at radius 2 is 1.19 bits per heavy atom. The molecule has 1 unspecified atom stereocenters. The van der Waals surface area contributed by atoms with Crippen LogP contribution in [0.4, 0.5) is 0 Å². The highest BCUT2D eigenvalue weighted by Gasteiger charge is 2.33. The number of hydrogen-bond donors (Lipinski definition) is 1. The van der Waals surface area contributed by atoms with Gasteiger partial charge in [0.1, 0.15) is 0 Å². The lowest BCUT2D eigenvalue weighted by Crippen LogP contribution is -2.43. The Labute approximate surface area is 133 Å². The number of methoxy groups -OCH3 is 1. The van der Waals surface area contributed by atoms with E-state index in [1.807, 2.05) is 0 Å². The average molecular weight is 301 g/mol. The average Bonchev–Trinajstić information content (AvgIpc) is 2.51. The van der Waals surface area contributed by atoms with E-state index in [0.717, 1.165) is 25.7 Å². The molecule has 0 saturated carbocycles. The number of hydrogen-bond acceptors (Lipinski definition) is 2. The first-order valence-corrected chi connectivity index (χ1v) is 9.40. The molecule has 2 heteroatoms. The molecule has 21 heavy (non-hydrogen) atoms. The van der Waals surface area contributed by atoms with E-state index in [1.165, 1.54) is 57.8 Å². The third-order valence-electron chi connectivity index (χ3n) is 5.04. The van der Waals surface area contributed by atoms with Crippen LogP contribution in [-0.4, -0.2) is 23.9 Å². The van der Waals surface area contributed by atoms with E-state index >= 15 is 0 Å². The fourth-order valence-electron chi connectivity index (χ4n) is 3.23.